The fourth-order valence-corrected chi connectivity index (χ4v) is 3.79. The second-order valence-corrected chi connectivity index (χ2v) is 7.82. The molecule has 2 aromatic rings. The second kappa shape index (κ2) is 10.6. The highest BCUT2D eigenvalue weighted by Gasteiger charge is 2.37. The number of carbonyl (C=O) groups is 1. The summed E-state index contributed by atoms with van der Waals surface area (Å²) in [7, 11) is 0. The van der Waals surface area contributed by atoms with Crippen LogP contribution in [0.15, 0.2) is 54.6 Å². The molecule has 1 aliphatic carbocycles. The van der Waals surface area contributed by atoms with Crippen molar-refractivity contribution >= 4 is 18.3 Å². The first-order valence-electron chi connectivity index (χ1n) is 9.81. The molecule has 28 heavy (non-hydrogen) atoms. The summed E-state index contributed by atoms with van der Waals surface area (Å²) in [5.74, 6) is -0.0194. The van der Waals surface area contributed by atoms with Gasteiger partial charge in [0, 0.05) is 12.1 Å². The van der Waals surface area contributed by atoms with E-state index in [0.717, 1.165) is 36.8 Å². The van der Waals surface area contributed by atoms with Gasteiger partial charge in [-0.25, -0.2) is 0 Å². The smallest absolute Gasteiger partial charge is 0.225 e. The van der Waals surface area contributed by atoms with Crippen LogP contribution < -0.4 is 11.1 Å². The molecule has 1 aliphatic rings. The Morgan fingerprint density at radius 3 is 2.50 bits per heavy atom. The van der Waals surface area contributed by atoms with Gasteiger partial charge >= 0.3 is 0 Å². The topological polar surface area (TPSA) is 64.4 Å². The molecule has 2 atom stereocenters. The molecule has 0 heterocycles. The van der Waals surface area contributed by atoms with E-state index in [1.54, 1.807) is 0 Å². The van der Waals surface area contributed by atoms with Gasteiger partial charge in [-0.1, -0.05) is 67.4 Å². The van der Waals surface area contributed by atoms with Crippen LogP contribution in [0.4, 0.5) is 0 Å². The van der Waals surface area contributed by atoms with Crippen LogP contribution in [0.3, 0.4) is 0 Å². The Hall–Kier alpha value is -1.88. The zero-order valence-electron chi connectivity index (χ0n) is 16.5. The minimum atomic E-state index is -0.393. The van der Waals surface area contributed by atoms with Gasteiger partial charge in [0.1, 0.15) is 0 Å². The summed E-state index contributed by atoms with van der Waals surface area (Å²) in [6.07, 6.45) is 3.99. The Balaban J connectivity index is 0.00000280. The quantitative estimate of drug-likeness (QED) is 0.723. The SMILES string of the molecule is CC1(N)CCCCC1C(=O)NCc1cccc(COCc2ccccc2)c1.Cl. The molecule has 1 fully saturated rings. The summed E-state index contributed by atoms with van der Waals surface area (Å²) in [4.78, 5) is 12.6. The van der Waals surface area contributed by atoms with Crippen LogP contribution in [0, 0.1) is 5.92 Å². The molecule has 0 aromatic heterocycles. The number of benzene rings is 2. The van der Waals surface area contributed by atoms with Crippen LogP contribution in [-0.2, 0) is 29.3 Å². The van der Waals surface area contributed by atoms with Crippen LogP contribution in [0.1, 0.15) is 49.3 Å². The maximum absolute atomic E-state index is 12.6. The number of nitrogens with two attached hydrogens (primary N) is 1. The maximum atomic E-state index is 12.6. The third-order valence-electron chi connectivity index (χ3n) is 5.41. The molecule has 1 saturated carbocycles. The molecule has 3 rings (SSSR count). The van der Waals surface area contributed by atoms with E-state index < -0.39 is 5.54 Å². The van der Waals surface area contributed by atoms with Gasteiger partial charge in [0.05, 0.1) is 19.1 Å². The van der Waals surface area contributed by atoms with E-state index in [4.69, 9.17) is 10.5 Å². The van der Waals surface area contributed by atoms with E-state index >= 15 is 0 Å². The van der Waals surface area contributed by atoms with Gasteiger partial charge in [0.15, 0.2) is 0 Å². The third-order valence-corrected chi connectivity index (χ3v) is 5.41. The largest absolute Gasteiger partial charge is 0.372 e. The van der Waals surface area contributed by atoms with Crippen LogP contribution in [0.5, 0.6) is 0 Å². The fourth-order valence-electron chi connectivity index (χ4n) is 3.79. The molecule has 0 aliphatic heterocycles. The van der Waals surface area contributed by atoms with Crippen molar-refractivity contribution in [3.05, 3.63) is 71.3 Å². The summed E-state index contributed by atoms with van der Waals surface area (Å²) < 4.78 is 5.80. The molecular formula is C23H31ClN2O2. The van der Waals surface area contributed by atoms with Gasteiger partial charge in [-0.3, -0.25) is 4.79 Å². The van der Waals surface area contributed by atoms with Gasteiger partial charge in [-0.05, 0) is 36.5 Å². The number of rotatable bonds is 7. The van der Waals surface area contributed by atoms with Crippen molar-refractivity contribution < 1.29 is 9.53 Å². The number of hydrogen-bond donors (Lipinski definition) is 2. The summed E-state index contributed by atoms with van der Waals surface area (Å²) in [6.45, 7) is 3.68. The number of halogens is 1. The molecule has 2 unspecified atom stereocenters. The molecule has 3 N–H and O–H groups in total. The van der Waals surface area contributed by atoms with Crippen molar-refractivity contribution in [2.75, 3.05) is 0 Å². The van der Waals surface area contributed by atoms with Crippen molar-refractivity contribution in [1.82, 2.24) is 5.32 Å². The zero-order chi connectivity index (χ0) is 19.1. The van der Waals surface area contributed by atoms with Crippen molar-refractivity contribution in [1.29, 1.82) is 0 Å². The van der Waals surface area contributed by atoms with Crippen molar-refractivity contribution in [3.8, 4) is 0 Å². The van der Waals surface area contributed by atoms with Gasteiger partial charge in [-0.15, -0.1) is 12.4 Å². The highest BCUT2D eigenvalue weighted by molar-refractivity contribution is 5.85. The summed E-state index contributed by atoms with van der Waals surface area (Å²) in [5, 5.41) is 3.07. The summed E-state index contributed by atoms with van der Waals surface area (Å²) in [5.41, 5.74) is 9.31. The Labute approximate surface area is 174 Å². The number of nitrogens with one attached hydrogen (secondary N) is 1. The van der Waals surface area contributed by atoms with Crippen LogP contribution >= 0.6 is 12.4 Å². The highest BCUT2D eigenvalue weighted by atomic mass is 35.5. The van der Waals surface area contributed by atoms with Crippen molar-refractivity contribution in [3.63, 3.8) is 0 Å². The lowest BCUT2D eigenvalue weighted by molar-refractivity contribution is -0.128. The van der Waals surface area contributed by atoms with Gasteiger partial charge in [0.25, 0.3) is 0 Å². The molecule has 5 heteroatoms. The second-order valence-electron chi connectivity index (χ2n) is 7.82. The van der Waals surface area contributed by atoms with E-state index in [2.05, 4.69) is 29.6 Å². The van der Waals surface area contributed by atoms with Crippen LogP contribution in [-0.4, -0.2) is 11.4 Å². The van der Waals surface area contributed by atoms with Gasteiger partial charge in [0.2, 0.25) is 5.91 Å². The minimum absolute atomic E-state index is 0. The third kappa shape index (κ3) is 6.33. The first-order chi connectivity index (χ1) is 13.0. The van der Waals surface area contributed by atoms with Gasteiger partial charge < -0.3 is 15.8 Å². The molecular weight excluding hydrogens is 372 g/mol. The molecule has 152 valence electrons. The molecule has 0 spiro atoms. The van der Waals surface area contributed by atoms with E-state index in [1.165, 1.54) is 5.56 Å². The summed E-state index contributed by atoms with van der Waals surface area (Å²) in [6, 6.07) is 18.3. The minimum Gasteiger partial charge on any atom is -0.372 e. The Kier molecular flexibility index (Phi) is 8.49. The van der Waals surface area contributed by atoms with E-state index in [1.807, 2.05) is 37.3 Å². The predicted molar refractivity (Wildman–Crippen MR) is 115 cm³/mol. The monoisotopic (exact) mass is 402 g/mol. The number of hydrogen-bond acceptors (Lipinski definition) is 3. The van der Waals surface area contributed by atoms with Crippen LogP contribution in [0.2, 0.25) is 0 Å². The number of amides is 1. The Morgan fingerprint density at radius 2 is 1.75 bits per heavy atom. The average Bonchev–Trinajstić information content (AvgIpc) is 2.67. The standard InChI is InChI=1S/C23H30N2O2.ClH/c1-23(24)13-6-5-12-21(23)22(26)25-15-19-10-7-11-20(14-19)17-27-16-18-8-3-2-4-9-18;/h2-4,7-11,14,21H,5-6,12-13,15-17,24H2,1H3,(H,25,26);1H. The lowest BCUT2D eigenvalue weighted by Crippen LogP contribution is -2.52. The molecule has 0 saturated heterocycles. The molecule has 4 nitrogen and oxygen atoms in total. The van der Waals surface area contributed by atoms with Crippen molar-refractivity contribution in [2.45, 2.75) is 57.9 Å². The first-order valence-corrected chi connectivity index (χ1v) is 9.81. The molecule has 0 bridgehead atoms. The lowest BCUT2D eigenvalue weighted by atomic mass is 9.74. The molecule has 0 radical (unpaired) electrons. The highest BCUT2D eigenvalue weighted by Crippen LogP contribution is 2.31. The maximum Gasteiger partial charge on any atom is 0.225 e. The van der Waals surface area contributed by atoms with Crippen LogP contribution in [0.25, 0.3) is 0 Å². The number of ether oxygens (including phenoxy) is 1. The lowest BCUT2D eigenvalue weighted by Gasteiger charge is -2.37. The van der Waals surface area contributed by atoms with E-state index in [-0.39, 0.29) is 24.2 Å². The predicted octanol–water partition coefficient (Wildman–Crippen LogP) is 4.35. The normalized spacial score (nSPS) is 21.6. The Morgan fingerprint density at radius 1 is 1.07 bits per heavy atom. The molecule has 2 aromatic carbocycles. The first kappa shape index (κ1) is 22.4. The average molecular weight is 403 g/mol. The summed E-state index contributed by atoms with van der Waals surface area (Å²) >= 11 is 0. The van der Waals surface area contributed by atoms with E-state index in [9.17, 15) is 4.79 Å². The zero-order valence-corrected chi connectivity index (χ0v) is 17.3. The number of carbonyl (C=O) groups excluding carboxylic acids is 1. The Bertz CT molecular complexity index is 749. The fraction of sp³-hybridized carbons (Fsp3) is 0.435. The van der Waals surface area contributed by atoms with Gasteiger partial charge in [-0.2, -0.15) is 0 Å². The van der Waals surface area contributed by atoms with E-state index in [0.29, 0.717) is 19.8 Å². The molecule has 1 amide bonds. The van der Waals surface area contributed by atoms with Crippen molar-refractivity contribution in [2.24, 2.45) is 11.7 Å².